The molecule has 1 aliphatic rings. The van der Waals surface area contributed by atoms with Crippen LogP contribution in [0.15, 0.2) is 0 Å². The molecule has 0 aliphatic carbocycles. The van der Waals surface area contributed by atoms with Crippen LogP contribution in [0.2, 0.25) is 0 Å². The summed E-state index contributed by atoms with van der Waals surface area (Å²) < 4.78 is 5.16. The lowest BCUT2D eigenvalue weighted by Crippen LogP contribution is -2.63. The molecule has 0 bridgehead atoms. The Morgan fingerprint density at radius 2 is 2.20 bits per heavy atom. The highest BCUT2D eigenvalue weighted by atomic mass is 16.5. The van der Waals surface area contributed by atoms with Crippen molar-refractivity contribution in [3.63, 3.8) is 0 Å². The average molecular weight is 214 g/mol. The highest BCUT2D eigenvalue weighted by molar-refractivity contribution is 4.93. The summed E-state index contributed by atoms with van der Waals surface area (Å²) in [6.07, 6.45) is 1.12. The predicted molar refractivity (Wildman–Crippen MR) is 64.2 cm³/mol. The fraction of sp³-hybridized carbons (Fsp3) is 1.00. The highest BCUT2D eigenvalue weighted by Crippen LogP contribution is 2.22. The Kier molecular flexibility index (Phi) is 4.56. The van der Waals surface area contributed by atoms with E-state index in [0.29, 0.717) is 12.1 Å². The number of nitrogens with zero attached hydrogens (tertiary/aromatic N) is 1. The Hall–Kier alpha value is -0.120. The third kappa shape index (κ3) is 3.44. The fourth-order valence-electron chi connectivity index (χ4n) is 2.35. The van der Waals surface area contributed by atoms with Crippen LogP contribution in [-0.2, 0) is 4.74 Å². The van der Waals surface area contributed by atoms with E-state index in [1.807, 2.05) is 0 Å². The summed E-state index contributed by atoms with van der Waals surface area (Å²) in [5, 5.41) is 3.54. The van der Waals surface area contributed by atoms with E-state index in [1.54, 1.807) is 7.11 Å². The van der Waals surface area contributed by atoms with Crippen LogP contribution in [0.1, 0.15) is 34.1 Å². The first-order valence-electron chi connectivity index (χ1n) is 5.96. The van der Waals surface area contributed by atoms with E-state index >= 15 is 0 Å². The van der Waals surface area contributed by atoms with Crippen LogP contribution < -0.4 is 5.32 Å². The van der Waals surface area contributed by atoms with Gasteiger partial charge in [-0.25, -0.2) is 0 Å². The van der Waals surface area contributed by atoms with E-state index in [1.165, 1.54) is 0 Å². The van der Waals surface area contributed by atoms with Crippen molar-refractivity contribution >= 4 is 0 Å². The number of ether oxygens (including phenoxy) is 1. The molecule has 15 heavy (non-hydrogen) atoms. The molecule has 0 radical (unpaired) electrons. The number of piperazine rings is 1. The van der Waals surface area contributed by atoms with E-state index < -0.39 is 0 Å². The number of hydrogen-bond donors (Lipinski definition) is 1. The van der Waals surface area contributed by atoms with Crippen molar-refractivity contribution in [3.8, 4) is 0 Å². The zero-order valence-corrected chi connectivity index (χ0v) is 10.8. The van der Waals surface area contributed by atoms with Crippen LogP contribution in [0.5, 0.6) is 0 Å². The molecule has 2 unspecified atom stereocenters. The third-order valence-corrected chi connectivity index (χ3v) is 3.40. The summed E-state index contributed by atoms with van der Waals surface area (Å²) in [5.74, 6) is 0. The van der Waals surface area contributed by atoms with Crippen molar-refractivity contribution in [2.24, 2.45) is 0 Å². The second-order valence-corrected chi connectivity index (χ2v) is 5.38. The van der Waals surface area contributed by atoms with Gasteiger partial charge in [0.2, 0.25) is 0 Å². The van der Waals surface area contributed by atoms with E-state index in [0.717, 1.165) is 26.1 Å². The summed E-state index contributed by atoms with van der Waals surface area (Å²) in [7, 11) is 1.78. The molecule has 0 aromatic rings. The van der Waals surface area contributed by atoms with Crippen molar-refractivity contribution in [3.05, 3.63) is 0 Å². The van der Waals surface area contributed by atoms with Crippen LogP contribution in [0.3, 0.4) is 0 Å². The average Bonchev–Trinajstić information content (AvgIpc) is 2.18. The first-order valence-corrected chi connectivity index (χ1v) is 5.96. The van der Waals surface area contributed by atoms with Gasteiger partial charge in [0.15, 0.2) is 0 Å². The van der Waals surface area contributed by atoms with Gasteiger partial charge in [0.05, 0.1) is 0 Å². The number of nitrogens with one attached hydrogen (secondary N) is 1. The molecular weight excluding hydrogens is 188 g/mol. The minimum atomic E-state index is 0.264. The van der Waals surface area contributed by atoms with Crippen LogP contribution in [0.25, 0.3) is 0 Å². The maximum atomic E-state index is 5.16. The molecule has 0 saturated carbocycles. The topological polar surface area (TPSA) is 24.5 Å². The molecule has 1 saturated heterocycles. The Labute approximate surface area is 94.2 Å². The van der Waals surface area contributed by atoms with Crippen LogP contribution in [0.4, 0.5) is 0 Å². The van der Waals surface area contributed by atoms with Gasteiger partial charge in [-0.2, -0.15) is 0 Å². The van der Waals surface area contributed by atoms with Gasteiger partial charge in [-0.1, -0.05) is 0 Å². The molecule has 1 N–H and O–H groups in total. The van der Waals surface area contributed by atoms with E-state index in [-0.39, 0.29) is 5.54 Å². The fourth-order valence-corrected chi connectivity index (χ4v) is 2.35. The molecule has 3 nitrogen and oxygen atoms in total. The van der Waals surface area contributed by atoms with Crippen LogP contribution in [-0.4, -0.2) is 49.3 Å². The Morgan fingerprint density at radius 3 is 2.80 bits per heavy atom. The summed E-state index contributed by atoms with van der Waals surface area (Å²) >= 11 is 0. The minimum Gasteiger partial charge on any atom is -0.385 e. The molecule has 0 amide bonds. The summed E-state index contributed by atoms with van der Waals surface area (Å²) in [5.41, 5.74) is 0.264. The van der Waals surface area contributed by atoms with Crippen molar-refractivity contribution in [2.45, 2.75) is 51.7 Å². The van der Waals surface area contributed by atoms with E-state index in [2.05, 4.69) is 37.9 Å². The summed E-state index contributed by atoms with van der Waals surface area (Å²) in [6.45, 7) is 12.3. The summed E-state index contributed by atoms with van der Waals surface area (Å²) in [6, 6.07) is 1.20. The smallest absolute Gasteiger partial charge is 0.0477 e. The Bertz CT molecular complexity index is 194. The maximum Gasteiger partial charge on any atom is 0.0477 e. The number of hydrogen-bond acceptors (Lipinski definition) is 3. The zero-order valence-electron chi connectivity index (χ0n) is 10.8. The second-order valence-electron chi connectivity index (χ2n) is 5.38. The Morgan fingerprint density at radius 1 is 1.53 bits per heavy atom. The van der Waals surface area contributed by atoms with Crippen molar-refractivity contribution in [1.29, 1.82) is 0 Å². The minimum absolute atomic E-state index is 0.264. The second kappa shape index (κ2) is 5.28. The molecular formula is C12H26N2O. The lowest BCUT2D eigenvalue weighted by molar-refractivity contribution is 0.0220. The SMILES string of the molecule is COCCC(C)N1CC(C)NCC1(C)C. The van der Waals surface area contributed by atoms with Gasteiger partial charge in [0, 0.05) is 44.4 Å². The zero-order chi connectivity index (χ0) is 11.5. The lowest BCUT2D eigenvalue weighted by atomic mass is 9.95. The summed E-state index contributed by atoms with van der Waals surface area (Å²) in [4.78, 5) is 2.60. The molecule has 1 fully saturated rings. The first kappa shape index (κ1) is 12.9. The molecule has 3 heteroatoms. The molecule has 2 atom stereocenters. The number of rotatable bonds is 4. The quantitative estimate of drug-likeness (QED) is 0.767. The molecule has 0 aromatic carbocycles. The van der Waals surface area contributed by atoms with Crippen LogP contribution >= 0.6 is 0 Å². The normalized spacial score (nSPS) is 29.0. The first-order chi connectivity index (χ1) is 6.97. The van der Waals surface area contributed by atoms with E-state index in [9.17, 15) is 0 Å². The van der Waals surface area contributed by atoms with Crippen molar-refractivity contribution in [1.82, 2.24) is 10.2 Å². The number of methoxy groups -OCH3 is 1. The van der Waals surface area contributed by atoms with Gasteiger partial charge in [-0.15, -0.1) is 0 Å². The van der Waals surface area contributed by atoms with Crippen molar-refractivity contribution in [2.75, 3.05) is 26.8 Å². The third-order valence-electron chi connectivity index (χ3n) is 3.40. The Balaban J connectivity index is 2.55. The molecule has 1 aliphatic heterocycles. The van der Waals surface area contributed by atoms with Crippen molar-refractivity contribution < 1.29 is 4.74 Å². The molecule has 1 rings (SSSR count). The largest absolute Gasteiger partial charge is 0.385 e. The monoisotopic (exact) mass is 214 g/mol. The maximum absolute atomic E-state index is 5.16. The highest BCUT2D eigenvalue weighted by Gasteiger charge is 2.34. The van der Waals surface area contributed by atoms with Gasteiger partial charge in [-0.05, 0) is 34.1 Å². The van der Waals surface area contributed by atoms with Gasteiger partial charge < -0.3 is 10.1 Å². The molecule has 0 aromatic heterocycles. The van der Waals surface area contributed by atoms with Crippen LogP contribution in [0, 0.1) is 0 Å². The standard InChI is InChI=1S/C12H26N2O/c1-10-8-14(11(2)6-7-15-5)12(3,4)9-13-10/h10-11,13H,6-9H2,1-5H3. The lowest BCUT2D eigenvalue weighted by Gasteiger charge is -2.48. The predicted octanol–water partition coefficient (Wildman–Crippen LogP) is 1.48. The molecule has 0 spiro atoms. The molecule has 90 valence electrons. The van der Waals surface area contributed by atoms with Gasteiger partial charge in [0.1, 0.15) is 0 Å². The van der Waals surface area contributed by atoms with E-state index in [4.69, 9.17) is 4.74 Å². The van der Waals surface area contributed by atoms with Gasteiger partial charge >= 0.3 is 0 Å². The molecule has 1 heterocycles. The van der Waals surface area contributed by atoms with Gasteiger partial charge in [0.25, 0.3) is 0 Å². The van der Waals surface area contributed by atoms with Gasteiger partial charge in [-0.3, -0.25) is 4.90 Å².